The van der Waals surface area contributed by atoms with Crippen LogP contribution in [0.4, 0.5) is 0 Å². The summed E-state index contributed by atoms with van der Waals surface area (Å²) in [6.45, 7) is 3.90. The number of aliphatic imine (C=N–C) groups is 1. The molecular formula is C19H15Cl2N5OS2. The summed E-state index contributed by atoms with van der Waals surface area (Å²) in [5.74, 6) is -0.422. The summed E-state index contributed by atoms with van der Waals surface area (Å²) in [4.78, 5) is 16.7. The molecule has 1 N–H and O–H groups in total. The molecule has 1 aromatic carbocycles. The van der Waals surface area contributed by atoms with Gasteiger partial charge in [-0.05, 0) is 67.8 Å². The first-order chi connectivity index (χ1) is 13.8. The summed E-state index contributed by atoms with van der Waals surface area (Å²) in [7, 11) is 0. The van der Waals surface area contributed by atoms with Gasteiger partial charge in [-0.25, -0.2) is 0 Å². The second-order valence-electron chi connectivity index (χ2n) is 6.38. The topological polar surface area (TPSA) is 73.8 Å². The molecule has 0 bridgehead atoms. The van der Waals surface area contributed by atoms with E-state index in [4.69, 9.17) is 28.6 Å². The molecule has 3 heterocycles. The number of amidine groups is 2. The maximum Gasteiger partial charge on any atom is 0.283 e. The van der Waals surface area contributed by atoms with E-state index in [1.807, 2.05) is 42.9 Å². The Morgan fingerprint density at radius 3 is 2.52 bits per heavy atom. The van der Waals surface area contributed by atoms with Gasteiger partial charge in [0.2, 0.25) is 5.17 Å². The fourth-order valence-electron chi connectivity index (χ4n) is 3.21. The molecule has 0 unspecified atom stereocenters. The zero-order valence-corrected chi connectivity index (χ0v) is 18.8. The Morgan fingerprint density at radius 1 is 1.17 bits per heavy atom. The van der Waals surface area contributed by atoms with Crippen LogP contribution < -0.4 is 0 Å². The van der Waals surface area contributed by atoms with Crippen LogP contribution in [0.5, 0.6) is 0 Å². The summed E-state index contributed by atoms with van der Waals surface area (Å²) in [6, 6.07) is 7.29. The fourth-order valence-corrected chi connectivity index (χ4v) is 5.07. The van der Waals surface area contributed by atoms with Crippen LogP contribution in [0.25, 0.3) is 11.8 Å². The number of nitrogens with one attached hydrogen (secondary N) is 1. The number of hydrogen-bond donors (Lipinski definition) is 1. The van der Waals surface area contributed by atoms with Crippen LogP contribution in [0.2, 0.25) is 10.0 Å². The molecule has 4 rings (SSSR count). The molecule has 1 amide bonds. The van der Waals surface area contributed by atoms with Crippen molar-refractivity contribution in [1.82, 2.24) is 9.58 Å². The zero-order valence-electron chi connectivity index (χ0n) is 15.7. The summed E-state index contributed by atoms with van der Waals surface area (Å²) in [5.41, 5.74) is 3.69. The van der Waals surface area contributed by atoms with Crippen molar-refractivity contribution < 1.29 is 4.79 Å². The van der Waals surface area contributed by atoms with E-state index in [0.29, 0.717) is 15.2 Å². The lowest BCUT2D eigenvalue weighted by atomic mass is 10.1. The summed E-state index contributed by atoms with van der Waals surface area (Å²) >= 11 is 15.1. The highest BCUT2D eigenvalue weighted by atomic mass is 35.5. The minimum Gasteiger partial charge on any atom is -0.318 e. The molecule has 0 spiro atoms. The summed E-state index contributed by atoms with van der Waals surface area (Å²) in [5, 5.41) is 15.7. The Balaban J connectivity index is 1.77. The van der Waals surface area contributed by atoms with E-state index in [0.717, 1.165) is 27.0 Å². The van der Waals surface area contributed by atoms with Gasteiger partial charge < -0.3 is 4.57 Å². The van der Waals surface area contributed by atoms with Crippen LogP contribution >= 0.6 is 46.7 Å². The summed E-state index contributed by atoms with van der Waals surface area (Å²) < 4.78 is 2.75. The average molecular weight is 464 g/mol. The third-order valence-electron chi connectivity index (χ3n) is 4.49. The monoisotopic (exact) mass is 463 g/mol. The number of hydrogen-bond acceptors (Lipinski definition) is 5. The molecule has 6 nitrogen and oxygen atoms in total. The first kappa shape index (κ1) is 20.3. The second kappa shape index (κ2) is 7.68. The highest BCUT2D eigenvalue weighted by molar-refractivity contribution is 8.45. The molecule has 2 aromatic rings. The molecule has 0 fully saturated rings. The third-order valence-corrected chi connectivity index (χ3v) is 6.81. The van der Waals surface area contributed by atoms with Crippen LogP contribution in [0.1, 0.15) is 17.0 Å². The Morgan fingerprint density at radius 2 is 1.86 bits per heavy atom. The molecule has 0 saturated heterocycles. The predicted octanol–water partition coefficient (Wildman–Crippen LogP) is 5.34. The Kier molecular flexibility index (Phi) is 5.37. The molecule has 2 aliphatic rings. The number of benzene rings is 1. The first-order valence-corrected chi connectivity index (χ1v) is 11.3. The number of fused-ring (bicyclic) bond motifs is 1. The number of thioether (sulfide) groups is 2. The standard InChI is InChI=1S/C19H15Cl2N5OS2/c1-9-4-11(10(2)25(9)14-7-12(20)6-13(21)8-14)5-15-16(22)26-18(23-17(15)27)29-19(24-26)28-3/h4-8,22H,1-3H3/b15-5-,22-16?. The van der Waals surface area contributed by atoms with Crippen molar-refractivity contribution in [2.45, 2.75) is 13.8 Å². The van der Waals surface area contributed by atoms with Crippen LogP contribution in [-0.4, -0.2) is 37.1 Å². The van der Waals surface area contributed by atoms with Crippen molar-refractivity contribution in [1.29, 1.82) is 5.41 Å². The zero-order chi connectivity index (χ0) is 20.9. The number of halogens is 2. The quantitative estimate of drug-likeness (QED) is 0.609. The van der Waals surface area contributed by atoms with Gasteiger partial charge >= 0.3 is 0 Å². The lowest BCUT2D eigenvalue weighted by Gasteiger charge is -2.20. The number of aromatic nitrogens is 1. The van der Waals surface area contributed by atoms with E-state index in [-0.39, 0.29) is 11.4 Å². The Hall–Kier alpha value is -2.00. The van der Waals surface area contributed by atoms with Crippen molar-refractivity contribution in [3.63, 3.8) is 0 Å². The molecule has 29 heavy (non-hydrogen) atoms. The van der Waals surface area contributed by atoms with Gasteiger partial charge in [0.25, 0.3) is 5.91 Å². The average Bonchev–Trinajstić information content (AvgIpc) is 3.18. The molecular weight excluding hydrogens is 449 g/mol. The van der Waals surface area contributed by atoms with Gasteiger partial charge in [0.1, 0.15) is 0 Å². The number of rotatable bonds is 2. The number of carbonyl (C=O) groups is 1. The Bertz CT molecular complexity index is 1150. The van der Waals surface area contributed by atoms with Crippen molar-refractivity contribution in [2.75, 3.05) is 6.26 Å². The van der Waals surface area contributed by atoms with E-state index in [1.165, 1.54) is 28.5 Å². The van der Waals surface area contributed by atoms with Crippen LogP contribution in [-0.2, 0) is 4.79 Å². The van der Waals surface area contributed by atoms with Gasteiger partial charge in [-0.2, -0.15) is 10.0 Å². The lowest BCUT2D eigenvalue weighted by molar-refractivity contribution is -0.114. The van der Waals surface area contributed by atoms with E-state index in [1.54, 1.807) is 12.1 Å². The molecule has 0 radical (unpaired) electrons. The molecule has 148 valence electrons. The number of carbonyl (C=O) groups excluding carboxylic acids is 1. The van der Waals surface area contributed by atoms with Gasteiger partial charge in [-0.1, -0.05) is 23.2 Å². The van der Waals surface area contributed by atoms with Gasteiger partial charge in [0.05, 0.1) is 5.57 Å². The Labute approximate surface area is 186 Å². The van der Waals surface area contributed by atoms with Crippen LogP contribution in [0.3, 0.4) is 0 Å². The SMILES string of the molecule is CSC1=NN2C(=N)/C(=C/c3cc(C)n(-c4cc(Cl)cc(Cl)c4)c3C)C(=O)N=C2S1. The van der Waals surface area contributed by atoms with Crippen LogP contribution in [0.15, 0.2) is 39.9 Å². The molecule has 0 atom stereocenters. The van der Waals surface area contributed by atoms with Gasteiger partial charge in [-0.3, -0.25) is 10.2 Å². The van der Waals surface area contributed by atoms with E-state index < -0.39 is 5.91 Å². The molecule has 10 heteroatoms. The molecule has 0 saturated carbocycles. The number of aryl methyl sites for hydroxylation is 1. The molecule has 0 aliphatic carbocycles. The highest BCUT2D eigenvalue weighted by Crippen LogP contribution is 2.32. The smallest absolute Gasteiger partial charge is 0.283 e. The molecule has 2 aliphatic heterocycles. The fraction of sp³-hybridized carbons (Fsp3) is 0.158. The minimum atomic E-state index is -0.443. The summed E-state index contributed by atoms with van der Waals surface area (Å²) in [6.07, 6.45) is 3.58. The number of amides is 1. The van der Waals surface area contributed by atoms with Crippen molar-refractivity contribution in [2.24, 2.45) is 10.1 Å². The number of nitrogens with zero attached hydrogens (tertiary/aromatic N) is 4. The number of hydrazone groups is 1. The van der Waals surface area contributed by atoms with Crippen molar-refractivity contribution >= 4 is 74.1 Å². The van der Waals surface area contributed by atoms with Crippen molar-refractivity contribution in [3.8, 4) is 5.69 Å². The lowest BCUT2D eigenvalue weighted by Crippen LogP contribution is -2.35. The largest absolute Gasteiger partial charge is 0.318 e. The van der Waals surface area contributed by atoms with Gasteiger partial charge in [0.15, 0.2) is 10.2 Å². The molecule has 1 aromatic heterocycles. The highest BCUT2D eigenvalue weighted by Gasteiger charge is 2.35. The normalized spacial score (nSPS) is 17.7. The van der Waals surface area contributed by atoms with Gasteiger partial charge in [-0.15, -0.1) is 16.9 Å². The van der Waals surface area contributed by atoms with E-state index >= 15 is 0 Å². The maximum atomic E-state index is 12.6. The van der Waals surface area contributed by atoms with Crippen LogP contribution in [0, 0.1) is 19.3 Å². The third kappa shape index (κ3) is 3.66. The van der Waals surface area contributed by atoms with Crippen molar-refractivity contribution in [3.05, 3.63) is 56.8 Å². The van der Waals surface area contributed by atoms with Gasteiger partial charge in [0, 0.05) is 27.1 Å². The predicted molar refractivity (Wildman–Crippen MR) is 124 cm³/mol. The maximum absolute atomic E-state index is 12.6. The van der Waals surface area contributed by atoms with E-state index in [9.17, 15) is 4.79 Å². The van der Waals surface area contributed by atoms with E-state index in [2.05, 4.69) is 10.1 Å². The first-order valence-electron chi connectivity index (χ1n) is 8.48. The second-order valence-corrected chi connectivity index (χ2v) is 9.26. The minimum absolute atomic E-state index is 0.0205.